The number of halogens is 3. The van der Waals surface area contributed by atoms with Crippen molar-refractivity contribution in [2.75, 3.05) is 41.7 Å². The Bertz CT molecular complexity index is 1410. The van der Waals surface area contributed by atoms with Crippen molar-refractivity contribution in [3.8, 4) is 5.75 Å². The standard InChI is InChI=1S/C33H39Cl2FN2O11/c1-20(39)44-19-27-30(45-21(2)40)31(46-22(3)41)29(36)32(48-27)49-33(43)37-24-9-13-26(14-10-24)47-28(42)6-4-5-23-7-11-25(12-8-23)38(17-15-34)18-16-35/h7-14,27,29-32H,4-6,15-19H2,1-3H3,(H,37,43)/t27-,29-,30-,31-,32+/m1/s1. The highest BCUT2D eigenvalue weighted by molar-refractivity contribution is 6.18. The largest absolute Gasteiger partial charge is 0.463 e. The smallest absolute Gasteiger partial charge is 0.414 e. The summed E-state index contributed by atoms with van der Waals surface area (Å²) in [6.45, 7) is 4.04. The van der Waals surface area contributed by atoms with Gasteiger partial charge in [-0.3, -0.25) is 24.5 Å². The molecule has 49 heavy (non-hydrogen) atoms. The first-order chi connectivity index (χ1) is 23.4. The molecule has 1 amide bonds. The molecule has 268 valence electrons. The van der Waals surface area contributed by atoms with E-state index in [0.717, 1.165) is 32.0 Å². The van der Waals surface area contributed by atoms with E-state index in [0.29, 0.717) is 37.7 Å². The zero-order valence-corrected chi connectivity index (χ0v) is 28.7. The second-order valence-electron chi connectivity index (χ2n) is 10.9. The lowest BCUT2D eigenvalue weighted by molar-refractivity contribution is -0.277. The Kier molecular flexibility index (Phi) is 15.8. The average Bonchev–Trinajstić information content (AvgIpc) is 3.04. The van der Waals surface area contributed by atoms with Gasteiger partial charge in [-0.2, -0.15) is 0 Å². The van der Waals surface area contributed by atoms with E-state index in [1.54, 1.807) is 0 Å². The highest BCUT2D eigenvalue weighted by atomic mass is 35.5. The average molecular weight is 730 g/mol. The van der Waals surface area contributed by atoms with Gasteiger partial charge >= 0.3 is 30.0 Å². The number of carbonyl (C=O) groups excluding carboxylic acids is 5. The van der Waals surface area contributed by atoms with Crippen molar-refractivity contribution in [3.05, 3.63) is 54.1 Å². The molecular weight excluding hydrogens is 690 g/mol. The van der Waals surface area contributed by atoms with E-state index in [2.05, 4.69) is 10.2 Å². The lowest BCUT2D eigenvalue weighted by atomic mass is 9.99. The number of nitrogens with zero attached hydrogens (tertiary/aromatic N) is 1. The van der Waals surface area contributed by atoms with Gasteiger partial charge in [0.25, 0.3) is 0 Å². The van der Waals surface area contributed by atoms with Crippen molar-refractivity contribution in [1.82, 2.24) is 0 Å². The summed E-state index contributed by atoms with van der Waals surface area (Å²) < 4.78 is 46.4. The summed E-state index contributed by atoms with van der Waals surface area (Å²) in [4.78, 5) is 61.9. The Hall–Kier alpha value is -4.14. The Morgan fingerprint density at radius 3 is 2.02 bits per heavy atom. The SMILES string of the molecule is CC(=O)OC[C@H]1O[C@@H](OC(=O)Nc2ccc(OC(=O)CCCc3ccc(N(CCCl)CCCl)cc3)cc2)[C@H](F)[C@@H](OC(C)=O)[C@@H]1OC(C)=O. The Balaban J connectivity index is 1.51. The van der Waals surface area contributed by atoms with E-state index < -0.39 is 67.4 Å². The summed E-state index contributed by atoms with van der Waals surface area (Å²) in [6.07, 6.45) is -8.51. The van der Waals surface area contributed by atoms with Gasteiger partial charge in [0.1, 0.15) is 18.5 Å². The fourth-order valence-corrected chi connectivity index (χ4v) is 5.29. The van der Waals surface area contributed by atoms with Gasteiger partial charge in [-0.25, -0.2) is 9.18 Å². The van der Waals surface area contributed by atoms with Gasteiger partial charge < -0.3 is 33.3 Å². The summed E-state index contributed by atoms with van der Waals surface area (Å²) in [5.74, 6) is -1.67. The first kappa shape index (κ1) is 39.3. The number of alkyl halides is 3. The predicted octanol–water partition coefficient (Wildman–Crippen LogP) is 4.94. The number of aryl methyl sites for hydroxylation is 1. The number of carbonyl (C=O) groups is 5. The first-order valence-corrected chi connectivity index (χ1v) is 16.5. The molecule has 2 aromatic carbocycles. The van der Waals surface area contributed by atoms with Crippen LogP contribution in [-0.2, 0) is 49.3 Å². The minimum atomic E-state index is -2.28. The summed E-state index contributed by atoms with van der Waals surface area (Å²) >= 11 is 11.8. The van der Waals surface area contributed by atoms with Crippen LogP contribution in [0.3, 0.4) is 0 Å². The van der Waals surface area contributed by atoms with Crippen molar-refractivity contribution in [2.45, 2.75) is 70.8 Å². The van der Waals surface area contributed by atoms with Crippen LogP contribution in [0.1, 0.15) is 39.2 Å². The van der Waals surface area contributed by atoms with Gasteiger partial charge in [0.05, 0.1) is 0 Å². The quantitative estimate of drug-likeness (QED) is 0.108. The van der Waals surface area contributed by atoms with Gasteiger partial charge in [0, 0.05) is 63.4 Å². The molecule has 1 N–H and O–H groups in total. The number of rotatable bonds is 16. The minimum Gasteiger partial charge on any atom is -0.463 e. The van der Waals surface area contributed by atoms with Crippen LogP contribution < -0.4 is 15.0 Å². The highest BCUT2D eigenvalue weighted by Gasteiger charge is 2.52. The van der Waals surface area contributed by atoms with E-state index >= 15 is 4.39 Å². The van der Waals surface area contributed by atoms with Gasteiger partial charge in [0.2, 0.25) is 12.5 Å². The van der Waals surface area contributed by atoms with Crippen LogP contribution in [0.15, 0.2) is 48.5 Å². The number of nitrogens with one attached hydrogen (secondary N) is 1. The maximum absolute atomic E-state index is 15.4. The molecule has 0 radical (unpaired) electrons. The molecule has 1 heterocycles. The molecule has 1 aliphatic rings. The van der Waals surface area contributed by atoms with E-state index in [-0.39, 0.29) is 17.9 Å². The first-order valence-electron chi connectivity index (χ1n) is 15.4. The Morgan fingerprint density at radius 2 is 1.45 bits per heavy atom. The topological polar surface area (TPSA) is 156 Å². The van der Waals surface area contributed by atoms with Crippen molar-refractivity contribution >= 4 is 64.5 Å². The van der Waals surface area contributed by atoms with Gasteiger partial charge in [-0.15, -0.1) is 23.2 Å². The molecule has 0 saturated carbocycles. The molecule has 1 fully saturated rings. The van der Waals surface area contributed by atoms with E-state index in [4.69, 9.17) is 51.6 Å². The van der Waals surface area contributed by atoms with Crippen molar-refractivity contribution < 1.29 is 56.8 Å². The zero-order chi connectivity index (χ0) is 35.9. The number of esters is 4. The molecule has 13 nitrogen and oxygen atoms in total. The van der Waals surface area contributed by atoms with E-state index in [1.807, 2.05) is 24.3 Å². The maximum Gasteiger partial charge on any atom is 0.414 e. The highest BCUT2D eigenvalue weighted by Crippen LogP contribution is 2.30. The second kappa shape index (κ2) is 19.8. The Morgan fingerprint density at radius 1 is 0.837 bits per heavy atom. The normalized spacial score (nSPS) is 20.0. The van der Waals surface area contributed by atoms with Crippen LogP contribution in [0.4, 0.5) is 20.6 Å². The van der Waals surface area contributed by atoms with Gasteiger partial charge in [-0.1, -0.05) is 12.1 Å². The zero-order valence-electron chi connectivity index (χ0n) is 27.2. The maximum atomic E-state index is 15.4. The third-order valence-electron chi connectivity index (χ3n) is 7.04. The molecule has 0 unspecified atom stereocenters. The fourth-order valence-electron chi connectivity index (χ4n) is 4.88. The van der Waals surface area contributed by atoms with Crippen LogP contribution in [0.5, 0.6) is 5.75 Å². The van der Waals surface area contributed by atoms with Crippen molar-refractivity contribution in [1.29, 1.82) is 0 Å². The molecule has 0 spiro atoms. The number of amides is 1. The van der Waals surface area contributed by atoms with E-state index in [1.165, 1.54) is 24.3 Å². The molecule has 3 rings (SSSR count). The second-order valence-corrected chi connectivity index (χ2v) is 11.6. The van der Waals surface area contributed by atoms with E-state index in [9.17, 15) is 24.0 Å². The third kappa shape index (κ3) is 13.0. The fraction of sp³-hybridized carbons (Fsp3) is 0.485. The summed E-state index contributed by atoms with van der Waals surface area (Å²) in [5.41, 5.74) is 2.30. The molecule has 0 aliphatic carbocycles. The molecular formula is C33H39Cl2FN2O11. The number of hydrogen-bond acceptors (Lipinski definition) is 12. The molecule has 1 aliphatic heterocycles. The third-order valence-corrected chi connectivity index (χ3v) is 7.38. The minimum absolute atomic E-state index is 0.176. The molecule has 5 atom stereocenters. The summed E-state index contributed by atoms with van der Waals surface area (Å²) in [5, 5.41) is 2.39. The predicted molar refractivity (Wildman–Crippen MR) is 177 cm³/mol. The molecule has 0 bridgehead atoms. The van der Waals surface area contributed by atoms with Crippen LogP contribution in [0.2, 0.25) is 0 Å². The number of benzene rings is 2. The molecule has 2 aromatic rings. The monoisotopic (exact) mass is 728 g/mol. The van der Waals surface area contributed by atoms with Crippen molar-refractivity contribution in [3.63, 3.8) is 0 Å². The van der Waals surface area contributed by atoms with Crippen molar-refractivity contribution in [2.24, 2.45) is 0 Å². The lowest BCUT2D eigenvalue weighted by Gasteiger charge is -2.41. The molecule has 1 saturated heterocycles. The van der Waals surface area contributed by atoms with Crippen LogP contribution in [-0.4, -0.2) is 92.2 Å². The van der Waals surface area contributed by atoms with Crippen LogP contribution in [0.25, 0.3) is 0 Å². The molecule has 16 heteroatoms. The number of hydrogen-bond donors (Lipinski definition) is 1. The number of anilines is 2. The summed E-state index contributed by atoms with van der Waals surface area (Å²) in [6, 6.07) is 13.8. The lowest BCUT2D eigenvalue weighted by Crippen LogP contribution is -2.60. The van der Waals surface area contributed by atoms with Crippen LogP contribution >= 0.6 is 23.2 Å². The van der Waals surface area contributed by atoms with Crippen LogP contribution in [0, 0.1) is 0 Å². The van der Waals surface area contributed by atoms with Gasteiger partial charge in [0.15, 0.2) is 12.2 Å². The number of ether oxygens (including phenoxy) is 6. The van der Waals surface area contributed by atoms with Gasteiger partial charge in [-0.05, 0) is 54.8 Å². The summed E-state index contributed by atoms with van der Waals surface area (Å²) in [7, 11) is 0. The molecule has 0 aromatic heterocycles. The Labute approximate surface area is 293 Å².